The Bertz CT molecular complexity index is 755. The van der Waals surface area contributed by atoms with Gasteiger partial charge in [-0.3, -0.25) is 9.78 Å². The molecule has 2 aliphatic rings. The van der Waals surface area contributed by atoms with E-state index in [2.05, 4.69) is 27.8 Å². The van der Waals surface area contributed by atoms with Gasteiger partial charge in [0.05, 0.1) is 6.20 Å². The molecule has 2 fully saturated rings. The zero-order chi connectivity index (χ0) is 18.0. The van der Waals surface area contributed by atoms with E-state index in [1.165, 1.54) is 5.56 Å². The molecular weight excluding hydrogens is 326 g/mol. The minimum absolute atomic E-state index is 0.00278. The number of ether oxygens (including phenoxy) is 1. The van der Waals surface area contributed by atoms with Gasteiger partial charge in [-0.15, -0.1) is 0 Å². The van der Waals surface area contributed by atoms with Crippen molar-refractivity contribution < 1.29 is 9.53 Å². The molecule has 2 aromatic rings. The zero-order valence-corrected chi connectivity index (χ0v) is 15.1. The largest absolute Gasteiger partial charge is 0.476 e. The second-order valence-corrected chi connectivity index (χ2v) is 7.31. The molecule has 0 spiro atoms. The molecule has 1 aliphatic heterocycles. The van der Waals surface area contributed by atoms with Crippen LogP contribution in [0.1, 0.15) is 36.4 Å². The summed E-state index contributed by atoms with van der Waals surface area (Å²) in [5, 5.41) is 6.55. The lowest BCUT2D eigenvalue weighted by molar-refractivity contribution is -0.139. The summed E-state index contributed by atoms with van der Waals surface area (Å²) < 4.78 is 6.21. The normalized spacial score (nSPS) is 23.9. The minimum Gasteiger partial charge on any atom is -0.476 e. The van der Waals surface area contributed by atoms with Crippen molar-refractivity contribution in [3.8, 4) is 5.75 Å². The van der Waals surface area contributed by atoms with E-state index in [4.69, 9.17) is 4.74 Å². The van der Waals surface area contributed by atoms with Crippen LogP contribution in [0, 0.1) is 6.92 Å². The number of piperidine rings is 1. The Morgan fingerprint density at radius 3 is 2.65 bits per heavy atom. The smallest absolute Gasteiger partial charge is 0.264 e. The second kappa shape index (κ2) is 7.08. The van der Waals surface area contributed by atoms with Crippen molar-refractivity contribution in [3.05, 3.63) is 59.9 Å². The van der Waals surface area contributed by atoms with Gasteiger partial charge in [0.1, 0.15) is 5.75 Å². The molecule has 1 amide bonds. The van der Waals surface area contributed by atoms with E-state index in [0.29, 0.717) is 24.5 Å². The van der Waals surface area contributed by atoms with Gasteiger partial charge in [0, 0.05) is 30.5 Å². The number of benzene rings is 1. The number of nitrogens with one attached hydrogen (secondary N) is 2. The molecule has 26 heavy (non-hydrogen) atoms. The van der Waals surface area contributed by atoms with Crippen LogP contribution in [0.25, 0.3) is 0 Å². The monoisotopic (exact) mass is 351 g/mol. The van der Waals surface area contributed by atoms with Gasteiger partial charge in [-0.25, -0.2) is 0 Å². The van der Waals surface area contributed by atoms with Gasteiger partial charge < -0.3 is 15.4 Å². The highest BCUT2D eigenvalue weighted by molar-refractivity contribution is 5.86. The van der Waals surface area contributed by atoms with Crippen molar-refractivity contribution in [3.63, 3.8) is 0 Å². The maximum atomic E-state index is 13.1. The topological polar surface area (TPSA) is 63.2 Å². The van der Waals surface area contributed by atoms with Crippen LogP contribution in [0.15, 0.2) is 48.7 Å². The highest BCUT2D eigenvalue weighted by Gasteiger charge is 2.47. The van der Waals surface area contributed by atoms with Gasteiger partial charge in [-0.05, 0) is 44.1 Å². The van der Waals surface area contributed by atoms with Crippen molar-refractivity contribution in [1.29, 1.82) is 0 Å². The van der Waals surface area contributed by atoms with Crippen molar-refractivity contribution in [1.82, 2.24) is 15.6 Å². The molecule has 2 atom stereocenters. The highest BCUT2D eigenvalue weighted by Crippen LogP contribution is 2.41. The summed E-state index contributed by atoms with van der Waals surface area (Å²) >= 11 is 0. The average Bonchev–Trinajstić information content (AvgIpc) is 3.44. The number of pyridine rings is 1. The molecule has 5 heteroatoms. The van der Waals surface area contributed by atoms with Crippen LogP contribution < -0.4 is 15.4 Å². The van der Waals surface area contributed by atoms with Crippen LogP contribution in [-0.4, -0.2) is 35.6 Å². The van der Waals surface area contributed by atoms with E-state index in [1.54, 1.807) is 6.20 Å². The van der Waals surface area contributed by atoms with Gasteiger partial charge in [0.15, 0.2) is 5.60 Å². The third-order valence-corrected chi connectivity index (χ3v) is 5.36. The molecular formula is C21H25N3O2. The Balaban J connectivity index is 1.46. The lowest BCUT2D eigenvalue weighted by Crippen LogP contribution is -2.57. The summed E-state index contributed by atoms with van der Waals surface area (Å²) in [6, 6.07) is 14.4. The minimum atomic E-state index is -0.813. The standard InChI is InChI=1S/C21H25N3O2/c1-15-7-8-17(14-23-15)26-21(9-11-22-12-10-21)20(25)24-19-13-18(19)16-5-3-2-4-6-16/h2-8,14,18-19,22H,9-13H2,1H3,(H,24,25)/t18-,19+/m0/s1. The van der Waals surface area contributed by atoms with Gasteiger partial charge in [0.25, 0.3) is 5.91 Å². The number of amides is 1. The first-order chi connectivity index (χ1) is 12.7. The number of hydrogen-bond acceptors (Lipinski definition) is 4. The van der Waals surface area contributed by atoms with Gasteiger partial charge in [-0.1, -0.05) is 30.3 Å². The lowest BCUT2D eigenvalue weighted by Gasteiger charge is -2.36. The molecule has 0 unspecified atom stereocenters. The van der Waals surface area contributed by atoms with Crippen molar-refractivity contribution in [2.75, 3.05) is 13.1 Å². The summed E-state index contributed by atoms with van der Waals surface area (Å²) in [7, 11) is 0. The van der Waals surface area contributed by atoms with Crippen LogP contribution >= 0.6 is 0 Å². The fourth-order valence-corrected chi connectivity index (χ4v) is 3.67. The maximum absolute atomic E-state index is 13.1. The SMILES string of the molecule is Cc1ccc(OC2(C(=O)N[C@@H]3C[C@H]3c3ccccc3)CCNCC2)cn1. The maximum Gasteiger partial charge on any atom is 0.264 e. The summed E-state index contributed by atoms with van der Waals surface area (Å²) in [4.78, 5) is 17.4. The number of aryl methyl sites for hydroxylation is 1. The summed E-state index contributed by atoms with van der Waals surface area (Å²) in [5.41, 5.74) is 1.41. The number of rotatable bonds is 5. The first-order valence-corrected chi connectivity index (χ1v) is 9.35. The van der Waals surface area contributed by atoms with E-state index in [9.17, 15) is 4.79 Å². The molecule has 1 aromatic carbocycles. The highest BCUT2D eigenvalue weighted by atomic mass is 16.5. The van der Waals surface area contributed by atoms with E-state index in [-0.39, 0.29) is 11.9 Å². The first-order valence-electron chi connectivity index (χ1n) is 9.35. The molecule has 1 saturated carbocycles. The Kier molecular flexibility index (Phi) is 4.64. The van der Waals surface area contributed by atoms with Crippen LogP contribution in [0.5, 0.6) is 5.75 Å². The number of hydrogen-bond donors (Lipinski definition) is 2. The number of carbonyl (C=O) groups is 1. The van der Waals surface area contributed by atoms with Crippen LogP contribution in [-0.2, 0) is 4.79 Å². The number of carbonyl (C=O) groups excluding carboxylic acids is 1. The molecule has 2 heterocycles. The fraction of sp³-hybridized carbons (Fsp3) is 0.429. The van der Waals surface area contributed by atoms with Gasteiger partial charge >= 0.3 is 0 Å². The second-order valence-electron chi connectivity index (χ2n) is 7.31. The fourth-order valence-electron chi connectivity index (χ4n) is 3.67. The molecule has 1 saturated heterocycles. The third kappa shape index (κ3) is 3.58. The van der Waals surface area contributed by atoms with E-state index in [0.717, 1.165) is 25.2 Å². The van der Waals surface area contributed by atoms with Crippen LogP contribution in [0.2, 0.25) is 0 Å². The van der Waals surface area contributed by atoms with Crippen molar-refractivity contribution in [2.45, 2.75) is 43.7 Å². The van der Waals surface area contributed by atoms with Crippen molar-refractivity contribution >= 4 is 5.91 Å². The summed E-state index contributed by atoms with van der Waals surface area (Å²) in [6.07, 6.45) is 4.03. The molecule has 2 N–H and O–H groups in total. The summed E-state index contributed by atoms with van der Waals surface area (Å²) in [6.45, 7) is 3.49. The molecule has 1 aromatic heterocycles. The Morgan fingerprint density at radius 1 is 1.19 bits per heavy atom. The third-order valence-electron chi connectivity index (χ3n) is 5.36. The Morgan fingerprint density at radius 2 is 1.96 bits per heavy atom. The molecule has 136 valence electrons. The number of aromatic nitrogens is 1. The summed E-state index contributed by atoms with van der Waals surface area (Å²) in [5.74, 6) is 1.08. The zero-order valence-electron chi connectivity index (χ0n) is 15.1. The van der Waals surface area contributed by atoms with E-state index < -0.39 is 5.60 Å². The average molecular weight is 351 g/mol. The molecule has 5 nitrogen and oxygen atoms in total. The van der Waals surface area contributed by atoms with Crippen molar-refractivity contribution in [2.24, 2.45) is 0 Å². The number of nitrogens with zero attached hydrogens (tertiary/aromatic N) is 1. The van der Waals surface area contributed by atoms with Crippen LogP contribution in [0.4, 0.5) is 0 Å². The quantitative estimate of drug-likeness (QED) is 0.869. The Hall–Kier alpha value is -2.40. The van der Waals surface area contributed by atoms with E-state index >= 15 is 0 Å². The molecule has 4 rings (SSSR count). The predicted molar refractivity (Wildman–Crippen MR) is 100 cm³/mol. The van der Waals surface area contributed by atoms with Crippen LogP contribution in [0.3, 0.4) is 0 Å². The van der Waals surface area contributed by atoms with Gasteiger partial charge in [-0.2, -0.15) is 0 Å². The molecule has 0 radical (unpaired) electrons. The predicted octanol–water partition coefficient (Wildman–Crippen LogP) is 2.56. The van der Waals surface area contributed by atoms with Gasteiger partial charge in [0.2, 0.25) is 0 Å². The molecule has 0 bridgehead atoms. The lowest BCUT2D eigenvalue weighted by atomic mass is 9.90. The Labute approximate surface area is 154 Å². The first kappa shape index (κ1) is 17.0. The molecule has 1 aliphatic carbocycles. The van der Waals surface area contributed by atoms with E-state index in [1.807, 2.05) is 37.3 Å².